The van der Waals surface area contributed by atoms with Crippen molar-refractivity contribution < 1.29 is 4.39 Å². The lowest BCUT2D eigenvalue weighted by molar-refractivity contribution is 0.525. The summed E-state index contributed by atoms with van der Waals surface area (Å²) in [7, 11) is 0. The van der Waals surface area contributed by atoms with Crippen molar-refractivity contribution in [3.63, 3.8) is 0 Å². The largest absolute Gasteiger partial charge is 0.310 e. The first kappa shape index (κ1) is 15.5. The Morgan fingerprint density at radius 2 is 1.95 bits per heavy atom. The molecule has 0 saturated heterocycles. The molecule has 0 amide bonds. The molecule has 4 heteroatoms. The monoisotopic (exact) mass is 355 g/mol. The molecule has 1 unspecified atom stereocenters. The summed E-state index contributed by atoms with van der Waals surface area (Å²) in [6, 6.07) is 13.0. The molecule has 1 N–H and O–H groups in total. The molecule has 20 heavy (non-hydrogen) atoms. The van der Waals surface area contributed by atoms with Crippen molar-refractivity contribution in [1.29, 1.82) is 0 Å². The second-order valence-corrected chi connectivity index (χ2v) is 6.14. The predicted octanol–water partition coefficient (Wildman–Crippen LogP) is 4.96. The van der Waals surface area contributed by atoms with E-state index in [0.717, 1.165) is 21.5 Å². The van der Waals surface area contributed by atoms with Gasteiger partial charge in [0.2, 0.25) is 0 Å². The van der Waals surface area contributed by atoms with Gasteiger partial charge < -0.3 is 5.32 Å². The van der Waals surface area contributed by atoms with Crippen LogP contribution in [0.5, 0.6) is 0 Å². The summed E-state index contributed by atoms with van der Waals surface area (Å²) in [5, 5.41) is 4.10. The van der Waals surface area contributed by atoms with Crippen LogP contribution in [0.1, 0.15) is 18.1 Å². The third-order valence-electron chi connectivity index (χ3n) is 3.13. The van der Waals surface area contributed by atoms with E-state index in [2.05, 4.69) is 28.2 Å². The molecule has 106 valence electrons. The van der Waals surface area contributed by atoms with Gasteiger partial charge in [0.05, 0.1) is 0 Å². The predicted molar refractivity (Wildman–Crippen MR) is 85.6 cm³/mol. The Bertz CT molecular complexity index is 588. The zero-order valence-corrected chi connectivity index (χ0v) is 13.5. The quantitative estimate of drug-likeness (QED) is 0.798. The highest BCUT2D eigenvalue weighted by Gasteiger charge is 2.08. The molecular weight excluding hydrogens is 341 g/mol. The summed E-state index contributed by atoms with van der Waals surface area (Å²) in [6.07, 6.45) is 0.815. The molecule has 0 spiro atoms. The van der Waals surface area contributed by atoms with Crippen molar-refractivity contribution in [3.05, 3.63) is 68.9 Å². The first-order valence-electron chi connectivity index (χ1n) is 6.47. The van der Waals surface area contributed by atoms with Crippen molar-refractivity contribution in [2.45, 2.75) is 25.9 Å². The first-order chi connectivity index (χ1) is 9.56. The molecule has 0 heterocycles. The summed E-state index contributed by atoms with van der Waals surface area (Å²) in [5.74, 6) is -0.189. The molecule has 2 aromatic rings. The van der Waals surface area contributed by atoms with Crippen LogP contribution in [0.3, 0.4) is 0 Å². The Balaban J connectivity index is 1.94. The molecule has 1 atom stereocenters. The molecule has 0 saturated carbocycles. The average molecular weight is 357 g/mol. The van der Waals surface area contributed by atoms with Crippen LogP contribution in [0.25, 0.3) is 0 Å². The van der Waals surface area contributed by atoms with E-state index in [-0.39, 0.29) is 11.9 Å². The second kappa shape index (κ2) is 7.21. The third-order valence-corrected chi connectivity index (χ3v) is 3.99. The fraction of sp³-hybridized carbons (Fsp3) is 0.250. The molecule has 0 aliphatic carbocycles. The van der Waals surface area contributed by atoms with Crippen LogP contribution < -0.4 is 5.32 Å². The summed E-state index contributed by atoms with van der Waals surface area (Å²) in [6.45, 7) is 2.57. The highest BCUT2D eigenvalue weighted by atomic mass is 79.9. The fourth-order valence-corrected chi connectivity index (χ4v) is 2.65. The van der Waals surface area contributed by atoms with Crippen molar-refractivity contribution in [2.75, 3.05) is 0 Å². The van der Waals surface area contributed by atoms with Gasteiger partial charge in [0.25, 0.3) is 0 Å². The Labute approximate surface area is 132 Å². The van der Waals surface area contributed by atoms with Gasteiger partial charge in [-0.1, -0.05) is 45.7 Å². The standard InChI is InChI=1S/C16H16BrClFN/c1-11(8-12-4-2-3-5-15(12)18)20-10-13-9-14(17)6-7-16(13)19/h2-7,9,11,20H,8,10H2,1H3. The minimum Gasteiger partial charge on any atom is -0.310 e. The average Bonchev–Trinajstić information content (AvgIpc) is 2.42. The van der Waals surface area contributed by atoms with Crippen LogP contribution in [-0.4, -0.2) is 6.04 Å². The number of halogens is 3. The van der Waals surface area contributed by atoms with Gasteiger partial charge in [0.15, 0.2) is 0 Å². The Morgan fingerprint density at radius 3 is 2.70 bits per heavy atom. The van der Waals surface area contributed by atoms with E-state index in [1.54, 1.807) is 12.1 Å². The van der Waals surface area contributed by atoms with Crippen molar-refractivity contribution in [3.8, 4) is 0 Å². The van der Waals surface area contributed by atoms with Crippen LogP contribution in [-0.2, 0) is 13.0 Å². The SMILES string of the molecule is CC(Cc1ccccc1Cl)NCc1cc(Br)ccc1F. The van der Waals surface area contributed by atoms with E-state index in [0.29, 0.717) is 12.1 Å². The lowest BCUT2D eigenvalue weighted by atomic mass is 10.1. The highest BCUT2D eigenvalue weighted by molar-refractivity contribution is 9.10. The maximum Gasteiger partial charge on any atom is 0.127 e. The van der Waals surface area contributed by atoms with Crippen molar-refractivity contribution in [2.24, 2.45) is 0 Å². The van der Waals surface area contributed by atoms with Crippen LogP contribution in [0.15, 0.2) is 46.9 Å². The van der Waals surface area contributed by atoms with Crippen LogP contribution >= 0.6 is 27.5 Å². The van der Waals surface area contributed by atoms with Gasteiger partial charge in [-0.25, -0.2) is 4.39 Å². The van der Waals surface area contributed by atoms with Crippen molar-refractivity contribution in [1.82, 2.24) is 5.32 Å². The summed E-state index contributed by atoms with van der Waals surface area (Å²) < 4.78 is 14.5. The Morgan fingerprint density at radius 1 is 1.20 bits per heavy atom. The molecule has 0 aliphatic heterocycles. The lowest BCUT2D eigenvalue weighted by Gasteiger charge is -2.15. The number of benzene rings is 2. The normalized spacial score (nSPS) is 12.4. The van der Waals surface area contributed by atoms with Gasteiger partial charge >= 0.3 is 0 Å². The van der Waals surface area contributed by atoms with E-state index in [4.69, 9.17) is 11.6 Å². The lowest BCUT2D eigenvalue weighted by Crippen LogP contribution is -2.28. The van der Waals surface area contributed by atoms with Gasteiger partial charge in [0, 0.05) is 27.6 Å². The van der Waals surface area contributed by atoms with E-state index >= 15 is 0 Å². The third kappa shape index (κ3) is 4.30. The van der Waals surface area contributed by atoms with Crippen LogP contribution in [0.2, 0.25) is 5.02 Å². The molecular formula is C16H16BrClFN. The van der Waals surface area contributed by atoms with Gasteiger partial charge in [-0.2, -0.15) is 0 Å². The van der Waals surface area contributed by atoms with Crippen LogP contribution in [0, 0.1) is 5.82 Å². The maximum atomic E-state index is 13.6. The Kier molecular flexibility index (Phi) is 5.58. The van der Waals surface area contributed by atoms with Gasteiger partial charge in [0.1, 0.15) is 5.82 Å². The minimum absolute atomic E-state index is 0.189. The zero-order valence-electron chi connectivity index (χ0n) is 11.2. The molecule has 1 nitrogen and oxygen atoms in total. The number of rotatable bonds is 5. The first-order valence-corrected chi connectivity index (χ1v) is 7.64. The van der Waals surface area contributed by atoms with Gasteiger partial charge in [-0.15, -0.1) is 0 Å². The van der Waals surface area contributed by atoms with Crippen LogP contribution in [0.4, 0.5) is 4.39 Å². The fourth-order valence-electron chi connectivity index (χ4n) is 2.03. The number of hydrogen-bond acceptors (Lipinski definition) is 1. The maximum absolute atomic E-state index is 13.6. The Hall–Kier alpha value is -0.900. The highest BCUT2D eigenvalue weighted by Crippen LogP contribution is 2.18. The minimum atomic E-state index is -0.189. The van der Waals surface area contributed by atoms with E-state index in [1.165, 1.54) is 6.07 Å². The second-order valence-electron chi connectivity index (χ2n) is 4.81. The molecule has 0 fully saturated rings. The smallest absolute Gasteiger partial charge is 0.127 e. The number of hydrogen-bond donors (Lipinski definition) is 1. The molecule has 0 aromatic heterocycles. The van der Waals surface area contributed by atoms with Gasteiger partial charge in [-0.3, -0.25) is 0 Å². The number of nitrogens with one attached hydrogen (secondary N) is 1. The summed E-state index contributed by atoms with van der Waals surface area (Å²) >= 11 is 9.49. The molecule has 0 radical (unpaired) electrons. The summed E-state index contributed by atoms with van der Waals surface area (Å²) in [5.41, 5.74) is 1.76. The molecule has 2 aromatic carbocycles. The molecule has 0 aliphatic rings. The topological polar surface area (TPSA) is 12.0 Å². The van der Waals surface area contributed by atoms with E-state index < -0.39 is 0 Å². The molecule has 2 rings (SSSR count). The zero-order chi connectivity index (χ0) is 14.5. The molecule has 0 bridgehead atoms. The van der Waals surface area contributed by atoms with Crippen molar-refractivity contribution >= 4 is 27.5 Å². The van der Waals surface area contributed by atoms with E-state index in [1.807, 2.05) is 24.3 Å². The summed E-state index contributed by atoms with van der Waals surface area (Å²) in [4.78, 5) is 0. The van der Waals surface area contributed by atoms with Gasteiger partial charge in [-0.05, 0) is 43.2 Å². The van der Waals surface area contributed by atoms with E-state index in [9.17, 15) is 4.39 Å².